The van der Waals surface area contributed by atoms with Crippen LogP contribution in [0, 0.1) is 17.8 Å². The summed E-state index contributed by atoms with van der Waals surface area (Å²) < 4.78 is 5.79. The molecule has 2 aliphatic carbocycles. The Morgan fingerprint density at radius 3 is 3.00 bits per heavy atom. The highest BCUT2D eigenvalue weighted by Crippen LogP contribution is 2.49. The zero-order chi connectivity index (χ0) is 14.4. The first-order chi connectivity index (χ1) is 10.2. The van der Waals surface area contributed by atoms with Crippen molar-refractivity contribution in [2.24, 2.45) is 17.8 Å². The van der Waals surface area contributed by atoms with Crippen molar-refractivity contribution in [3.8, 4) is 5.75 Å². The van der Waals surface area contributed by atoms with Gasteiger partial charge in [0.15, 0.2) is 0 Å². The number of ether oxygens (including phenoxy) is 1. The number of rotatable bonds is 4. The Kier molecular flexibility index (Phi) is 3.63. The minimum atomic E-state index is 0.594. The van der Waals surface area contributed by atoms with Gasteiger partial charge in [0.25, 0.3) is 0 Å². The molecule has 1 heterocycles. The molecule has 1 aromatic rings. The van der Waals surface area contributed by atoms with Gasteiger partial charge < -0.3 is 10.1 Å². The molecule has 1 aromatic carbocycles. The molecule has 1 aliphatic heterocycles. The molecule has 3 heteroatoms. The molecule has 2 nitrogen and oxygen atoms in total. The largest absolute Gasteiger partial charge is 0.493 e. The maximum absolute atomic E-state index is 6.24. The van der Waals surface area contributed by atoms with Crippen LogP contribution >= 0.6 is 11.6 Å². The van der Waals surface area contributed by atoms with Gasteiger partial charge in [-0.25, -0.2) is 0 Å². The van der Waals surface area contributed by atoms with Crippen LogP contribution < -0.4 is 10.1 Å². The van der Waals surface area contributed by atoms with Crippen molar-refractivity contribution in [2.75, 3.05) is 6.61 Å². The molecule has 0 aromatic heterocycles. The summed E-state index contributed by atoms with van der Waals surface area (Å²) in [6, 6.07) is 4.70. The van der Waals surface area contributed by atoms with Crippen LogP contribution in [-0.4, -0.2) is 12.6 Å². The molecule has 0 spiro atoms. The molecule has 0 amide bonds. The van der Waals surface area contributed by atoms with Crippen molar-refractivity contribution in [3.63, 3.8) is 0 Å². The first kappa shape index (κ1) is 13.9. The van der Waals surface area contributed by atoms with Gasteiger partial charge in [0.1, 0.15) is 5.75 Å². The summed E-state index contributed by atoms with van der Waals surface area (Å²) in [6.45, 7) is 4.03. The highest BCUT2D eigenvalue weighted by atomic mass is 35.5. The van der Waals surface area contributed by atoms with E-state index in [9.17, 15) is 0 Å². The predicted octanol–water partition coefficient (Wildman–Crippen LogP) is 4.19. The monoisotopic (exact) mass is 305 g/mol. The summed E-state index contributed by atoms with van der Waals surface area (Å²) in [7, 11) is 0. The lowest BCUT2D eigenvalue weighted by atomic mass is 9.84. The first-order valence-electron chi connectivity index (χ1n) is 8.38. The van der Waals surface area contributed by atoms with Crippen LogP contribution in [-0.2, 0) is 13.0 Å². The van der Waals surface area contributed by atoms with E-state index in [1.165, 1.54) is 36.8 Å². The zero-order valence-corrected chi connectivity index (χ0v) is 13.5. The number of hydrogen-bond donors (Lipinski definition) is 1. The summed E-state index contributed by atoms with van der Waals surface area (Å²) >= 11 is 6.24. The second-order valence-corrected chi connectivity index (χ2v) is 7.60. The Balaban J connectivity index is 1.43. The van der Waals surface area contributed by atoms with Crippen LogP contribution in [0.5, 0.6) is 5.75 Å². The molecule has 1 N–H and O–H groups in total. The smallest absolute Gasteiger partial charge is 0.127 e. The van der Waals surface area contributed by atoms with Gasteiger partial charge in [-0.2, -0.15) is 0 Å². The van der Waals surface area contributed by atoms with Crippen LogP contribution in [0.15, 0.2) is 12.1 Å². The highest BCUT2D eigenvalue weighted by Gasteiger charge is 2.41. The summed E-state index contributed by atoms with van der Waals surface area (Å²) in [5.74, 6) is 3.94. The minimum Gasteiger partial charge on any atom is -0.493 e. The summed E-state index contributed by atoms with van der Waals surface area (Å²) in [4.78, 5) is 0. The number of benzene rings is 1. The lowest BCUT2D eigenvalue weighted by Gasteiger charge is -2.29. The maximum Gasteiger partial charge on any atom is 0.127 e. The van der Waals surface area contributed by atoms with E-state index in [0.717, 1.165) is 48.1 Å². The Labute approximate surface area is 132 Å². The zero-order valence-electron chi connectivity index (χ0n) is 12.7. The van der Waals surface area contributed by atoms with Gasteiger partial charge in [0, 0.05) is 29.6 Å². The molecular formula is C18H24ClNO. The molecular weight excluding hydrogens is 282 g/mol. The van der Waals surface area contributed by atoms with Crippen LogP contribution in [0.3, 0.4) is 0 Å². The third-order valence-corrected chi connectivity index (χ3v) is 6.09. The topological polar surface area (TPSA) is 21.3 Å². The quantitative estimate of drug-likeness (QED) is 0.900. The number of halogens is 1. The van der Waals surface area contributed by atoms with Crippen molar-refractivity contribution < 1.29 is 4.74 Å². The van der Waals surface area contributed by atoms with Crippen molar-refractivity contribution in [2.45, 2.75) is 51.6 Å². The van der Waals surface area contributed by atoms with Gasteiger partial charge in [-0.05, 0) is 61.6 Å². The van der Waals surface area contributed by atoms with Gasteiger partial charge in [0.2, 0.25) is 0 Å². The molecule has 21 heavy (non-hydrogen) atoms. The second kappa shape index (κ2) is 5.48. The lowest BCUT2D eigenvalue weighted by Crippen LogP contribution is -2.35. The average molecular weight is 306 g/mol. The fraction of sp³-hybridized carbons (Fsp3) is 0.667. The van der Waals surface area contributed by atoms with Crippen LogP contribution in [0.1, 0.15) is 43.7 Å². The van der Waals surface area contributed by atoms with E-state index in [2.05, 4.69) is 18.3 Å². The van der Waals surface area contributed by atoms with Gasteiger partial charge in [-0.15, -0.1) is 0 Å². The Morgan fingerprint density at radius 1 is 1.33 bits per heavy atom. The van der Waals surface area contributed by atoms with Crippen molar-refractivity contribution in [1.29, 1.82) is 0 Å². The second-order valence-electron chi connectivity index (χ2n) is 7.16. The number of nitrogens with one attached hydrogen (secondary N) is 1. The van der Waals surface area contributed by atoms with E-state index >= 15 is 0 Å². The standard InChI is InChI=1S/C18H24ClNO/c1-11(17-7-12-2-3-13(17)6-12)20-10-15-9-16(19)8-14-4-5-21-18(14)15/h8-9,11-13,17,20H,2-7,10H2,1H3. The van der Waals surface area contributed by atoms with E-state index in [0.29, 0.717) is 6.04 Å². The maximum atomic E-state index is 6.24. The molecule has 0 radical (unpaired) electrons. The van der Waals surface area contributed by atoms with E-state index in [1.807, 2.05) is 6.07 Å². The lowest BCUT2D eigenvalue weighted by molar-refractivity contribution is 0.258. The Hall–Kier alpha value is -0.730. The van der Waals surface area contributed by atoms with E-state index < -0.39 is 0 Å². The SMILES string of the molecule is CC(NCc1cc(Cl)cc2c1OCC2)C1CC2CCC1C2. The van der Waals surface area contributed by atoms with Gasteiger partial charge in [0.05, 0.1) is 6.61 Å². The molecule has 4 rings (SSSR count). The molecule has 4 unspecified atom stereocenters. The third-order valence-electron chi connectivity index (χ3n) is 5.87. The number of hydrogen-bond acceptors (Lipinski definition) is 2. The molecule has 4 atom stereocenters. The van der Waals surface area contributed by atoms with E-state index in [4.69, 9.17) is 16.3 Å². The molecule has 2 saturated carbocycles. The molecule has 3 aliphatic rings. The molecule has 0 saturated heterocycles. The first-order valence-corrected chi connectivity index (χ1v) is 8.76. The Morgan fingerprint density at radius 2 is 2.24 bits per heavy atom. The minimum absolute atomic E-state index is 0.594. The Bertz CT molecular complexity index is 544. The summed E-state index contributed by atoms with van der Waals surface area (Å²) in [5.41, 5.74) is 2.50. The van der Waals surface area contributed by atoms with Crippen molar-refractivity contribution in [1.82, 2.24) is 5.32 Å². The summed E-state index contributed by atoms with van der Waals surface area (Å²) in [5, 5.41) is 4.58. The third kappa shape index (κ3) is 2.57. The van der Waals surface area contributed by atoms with Crippen LogP contribution in [0.25, 0.3) is 0 Å². The molecule has 2 fully saturated rings. The van der Waals surface area contributed by atoms with Crippen LogP contribution in [0.4, 0.5) is 0 Å². The highest BCUT2D eigenvalue weighted by molar-refractivity contribution is 6.30. The van der Waals surface area contributed by atoms with E-state index in [1.54, 1.807) is 0 Å². The van der Waals surface area contributed by atoms with Crippen molar-refractivity contribution >= 4 is 11.6 Å². The van der Waals surface area contributed by atoms with Crippen molar-refractivity contribution in [3.05, 3.63) is 28.3 Å². The van der Waals surface area contributed by atoms with Gasteiger partial charge >= 0.3 is 0 Å². The van der Waals surface area contributed by atoms with E-state index in [-0.39, 0.29) is 0 Å². The van der Waals surface area contributed by atoms with Crippen LogP contribution in [0.2, 0.25) is 5.02 Å². The molecule has 2 bridgehead atoms. The average Bonchev–Trinajstić information content (AvgIpc) is 3.19. The fourth-order valence-corrected chi connectivity index (χ4v) is 5.07. The fourth-order valence-electron chi connectivity index (χ4n) is 4.81. The predicted molar refractivity (Wildman–Crippen MR) is 85.9 cm³/mol. The summed E-state index contributed by atoms with van der Waals surface area (Å²) in [6.07, 6.45) is 6.83. The molecule has 114 valence electrons. The van der Waals surface area contributed by atoms with Gasteiger partial charge in [-0.1, -0.05) is 18.0 Å². The number of fused-ring (bicyclic) bond motifs is 3. The van der Waals surface area contributed by atoms with Gasteiger partial charge in [-0.3, -0.25) is 0 Å². The normalized spacial score (nSPS) is 31.2.